The Morgan fingerprint density at radius 3 is 2.64 bits per heavy atom. The maximum absolute atomic E-state index is 8.75. The lowest BCUT2D eigenvalue weighted by molar-refractivity contribution is 0.204. The van der Waals surface area contributed by atoms with Crippen molar-refractivity contribution in [2.45, 2.75) is 26.2 Å². The van der Waals surface area contributed by atoms with E-state index < -0.39 is 0 Å². The molecule has 0 saturated carbocycles. The molecule has 2 heteroatoms. The fourth-order valence-electron chi connectivity index (χ4n) is 1.85. The van der Waals surface area contributed by atoms with Gasteiger partial charge in [0.15, 0.2) is 0 Å². The van der Waals surface area contributed by atoms with Gasteiger partial charge in [-0.05, 0) is 44.2 Å². The van der Waals surface area contributed by atoms with Crippen LogP contribution in [-0.4, -0.2) is 24.8 Å². The normalized spacial score (nSPS) is 23.5. The van der Waals surface area contributed by atoms with Crippen LogP contribution >= 0.6 is 0 Å². The van der Waals surface area contributed by atoms with Crippen LogP contribution in [0.2, 0.25) is 0 Å². The van der Waals surface area contributed by atoms with Gasteiger partial charge in [0.1, 0.15) is 0 Å². The van der Waals surface area contributed by atoms with Gasteiger partial charge in [-0.25, -0.2) is 0 Å². The molecule has 1 aliphatic heterocycles. The van der Waals surface area contributed by atoms with E-state index in [4.69, 9.17) is 5.11 Å². The molecular weight excluding hydrogens is 138 g/mol. The molecule has 0 unspecified atom stereocenters. The molecule has 1 saturated heterocycles. The van der Waals surface area contributed by atoms with Crippen molar-refractivity contribution in [2.24, 2.45) is 11.8 Å². The van der Waals surface area contributed by atoms with E-state index in [-0.39, 0.29) is 0 Å². The van der Waals surface area contributed by atoms with Crippen molar-refractivity contribution in [3.8, 4) is 0 Å². The first-order valence-corrected chi connectivity index (χ1v) is 4.66. The van der Waals surface area contributed by atoms with Crippen LogP contribution in [-0.2, 0) is 0 Å². The van der Waals surface area contributed by atoms with Crippen molar-refractivity contribution < 1.29 is 5.11 Å². The average molecular weight is 157 g/mol. The van der Waals surface area contributed by atoms with E-state index in [1.165, 1.54) is 25.9 Å². The molecule has 0 spiro atoms. The third kappa shape index (κ3) is 2.80. The highest BCUT2D eigenvalue weighted by atomic mass is 16.3. The Kier molecular flexibility index (Phi) is 3.87. The van der Waals surface area contributed by atoms with Crippen LogP contribution in [0, 0.1) is 11.8 Å². The first kappa shape index (κ1) is 9.01. The summed E-state index contributed by atoms with van der Waals surface area (Å²) in [7, 11) is 0. The molecule has 11 heavy (non-hydrogen) atoms. The summed E-state index contributed by atoms with van der Waals surface area (Å²) in [6, 6.07) is 0. The number of nitrogens with one attached hydrogen (secondary N) is 1. The maximum Gasteiger partial charge on any atom is 0.0433 e. The molecule has 0 radical (unpaired) electrons. The molecule has 66 valence electrons. The summed E-state index contributed by atoms with van der Waals surface area (Å²) in [6.45, 7) is 4.94. The number of hydrogen-bond acceptors (Lipinski definition) is 2. The van der Waals surface area contributed by atoms with Crippen molar-refractivity contribution in [3.63, 3.8) is 0 Å². The first-order valence-electron chi connectivity index (χ1n) is 4.66. The van der Waals surface area contributed by atoms with E-state index in [0.29, 0.717) is 12.5 Å². The van der Waals surface area contributed by atoms with Crippen LogP contribution in [0.1, 0.15) is 26.2 Å². The molecule has 1 atom stereocenters. The van der Waals surface area contributed by atoms with Crippen molar-refractivity contribution in [1.29, 1.82) is 0 Å². The fraction of sp³-hybridized carbons (Fsp3) is 1.00. The predicted octanol–water partition coefficient (Wildman–Crippen LogP) is 1.00. The lowest BCUT2D eigenvalue weighted by Crippen LogP contribution is -2.31. The van der Waals surface area contributed by atoms with Crippen molar-refractivity contribution in [2.75, 3.05) is 19.7 Å². The second-order valence-corrected chi connectivity index (χ2v) is 3.58. The smallest absolute Gasteiger partial charge is 0.0433 e. The van der Waals surface area contributed by atoms with E-state index in [9.17, 15) is 0 Å². The second-order valence-electron chi connectivity index (χ2n) is 3.58. The van der Waals surface area contributed by atoms with Gasteiger partial charge in [-0.3, -0.25) is 0 Å². The Hall–Kier alpha value is -0.0800. The Balaban J connectivity index is 2.21. The van der Waals surface area contributed by atoms with Crippen LogP contribution in [0.15, 0.2) is 0 Å². The number of rotatable bonds is 3. The van der Waals surface area contributed by atoms with E-state index in [1.54, 1.807) is 0 Å². The molecule has 0 bridgehead atoms. The fourth-order valence-corrected chi connectivity index (χ4v) is 1.85. The third-order valence-corrected chi connectivity index (χ3v) is 2.77. The van der Waals surface area contributed by atoms with Crippen LogP contribution in [0.25, 0.3) is 0 Å². The van der Waals surface area contributed by atoms with Crippen molar-refractivity contribution >= 4 is 0 Å². The Morgan fingerprint density at radius 2 is 2.09 bits per heavy atom. The molecular formula is C9H19NO. The van der Waals surface area contributed by atoms with Gasteiger partial charge in [-0.1, -0.05) is 6.92 Å². The van der Waals surface area contributed by atoms with Gasteiger partial charge in [0.25, 0.3) is 0 Å². The SMILES string of the molecule is C[C@H](CCO)C1CCNCC1. The second kappa shape index (κ2) is 4.73. The predicted molar refractivity (Wildman–Crippen MR) is 46.5 cm³/mol. The molecule has 0 aromatic rings. The summed E-state index contributed by atoms with van der Waals surface area (Å²) in [5.41, 5.74) is 0. The lowest BCUT2D eigenvalue weighted by Gasteiger charge is -2.27. The monoisotopic (exact) mass is 157 g/mol. The van der Waals surface area contributed by atoms with Crippen LogP contribution in [0.3, 0.4) is 0 Å². The van der Waals surface area contributed by atoms with E-state index >= 15 is 0 Å². The minimum atomic E-state index is 0.352. The molecule has 0 aromatic heterocycles. The number of hydrogen-bond donors (Lipinski definition) is 2. The standard InChI is InChI=1S/C9H19NO/c1-8(4-7-11)9-2-5-10-6-3-9/h8-11H,2-7H2,1H3/t8-/m1/s1. The number of aliphatic hydroxyl groups excluding tert-OH is 1. The van der Waals surface area contributed by atoms with Crippen molar-refractivity contribution in [3.05, 3.63) is 0 Å². The lowest BCUT2D eigenvalue weighted by atomic mass is 9.84. The molecule has 0 aromatic carbocycles. The summed E-state index contributed by atoms with van der Waals surface area (Å²) < 4.78 is 0. The zero-order valence-electron chi connectivity index (χ0n) is 7.34. The molecule has 1 heterocycles. The summed E-state index contributed by atoms with van der Waals surface area (Å²) in [5.74, 6) is 1.56. The highest BCUT2D eigenvalue weighted by Gasteiger charge is 2.18. The highest BCUT2D eigenvalue weighted by Crippen LogP contribution is 2.23. The Morgan fingerprint density at radius 1 is 1.45 bits per heavy atom. The molecule has 0 amide bonds. The van der Waals surface area contributed by atoms with Crippen LogP contribution in [0.4, 0.5) is 0 Å². The highest BCUT2D eigenvalue weighted by molar-refractivity contribution is 4.72. The van der Waals surface area contributed by atoms with Gasteiger partial charge in [0, 0.05) is 6.61 Å². The van der Waals surface area contributed by atoms with Crippen LogP contribution in [0.5, 0.6) is 0 Å². The minimum absolute atomic E-state index is 0.352. The zero-order chi connectivity index (χ0) is 8.10. The number of aliphatic hydroxyl groups is 1. The number of piperidine rings is 1. The van der Waals surface area contributed by atoms with Gasteiger partial charge in [-0.15, -0.1) is 0 Å². The van der Waals surface area contributed by atoms with E-state index in [2.05, 4.69) is 12.2 Å². The third-order valence-electron chi connectivity index (χ3n) is 2.77. The topological polar surface area (TPSA) is 32.3 Å². The minimum Gasteiger partial charge on any atom is -0.396 e. The van der Waals surface area contributed by atoms with Gasteiger partial charge in [-0.2, -0.15) is 0 Å². The quantitative estimate of drug-likeness (QED) is 0.640. The molecule has 0 aliphatic carbocycles. The van der Waals surface area contributed by atoms with Crippen molar-refractivity contribution in [1.82, 2.24) is 5.32 Å². The molecule has 2 nitrogen and oxygen atoms in total. The van der Waals surface area contributed by atoms with Crippen LogP contribution < -0.4 is 5.32 Å². The average Bonchev–Trinajstić information content (AvgIpc) is 2.07. The summed E-state index contributed by atoms with van der Waals surface area (Å²) in [6.07, 6.45) is 3.56. The van der Waals surface area contributed by atoms with Gasteiger partial charge >= 0.3 is 0 Å². The van der Waals surface area contributed by atoms with Gasteiger partial charge < -0.3 is 10.4 Å². The van der Waals surface area contributed by atoms with Gasteiger partial charge in [0.05, 0.1) is 0 Å². The molecule has 1 rings (SSSR count). The summed E-state index contributed by atoms with van der Waals surface area (Å²) in [5, 5.41) is 12.1. The Labute approximate surface area is 69.0 Å². The zero-order valence-corrected chi connectivity index (χ0v) is 7.34. The molecule has 1 fully saturated rings. The van der Waals surface area contributed by atoms with Gasteiger partial charge in [0.2, 0.25) is 0 Å². The largest absolute Gasteiger partial charge is 0.396 e. The summed E-state index contributed by atoms with van der Waals surface area (Å²) >= 11 is 0. The summed E-state index contributed by atoms with van der Waals surface area (Å²) in [4.78, 5) is 0. The van der Waals surface area contributed by atoms with E-state index in [1.807, 2.05) is 0 Å². The first-order chi connectivity index (χ1) is 5.34. The maximum atomic E-state index is 8.75. The van der Waals surface area contributed by atoms with E-state index in [0.717, 1.165) is 12.3 Å². The molecule has 1 aliphatic rings. The molecule has 2 N–H and O–H groups in total. The Bertz CT molecular complexity index is 99.7.